The minimum absolute atomic E-state index is 0.0748. The molecule has 0 unspecified atom stereocenters. The third kappa shape index (κ3) is 6.37. The average molecular weight is 392 g/mol. The average Bonchev–Trinajstić information content (AvgIpc) is 2.94. The number of hydrogen-bond donors (Lipinski definition) is 2. The standard InChI is InChI=1S/C19H26ClN5O2/c1-5-25(11-18(26)21-13(2)3)12-19(27)22-17-10-16(23-24(17)4)14-6-8-15(20)9-7-14/h6-10,13H,5,11-12H2,1-4H3,(H,21,26)(H,22,27). The van der Waals surface area contributed by atoms with E-state index < -0.39 is 0 Å². The molecule has 0 aliphatic carbocycles. The van der Waals surface area contributed by atoms with E-state index in [2.05, 4.69) is 15.7 Å². The van der Waals surface area contributed by atoms with E-state index in [1.807, 2.05) is 39.0 Å². The summed E-state index contributed by atoms with van der Waals surface area (Å²) >= 11 is 5.91. The molecular weight excluding hydrogens is 366 g/mol. The van der Waals surface area contributed by atoms with Crippen LogP contribution >= 0.6 is 11.6 Å². The van der Waals surface area contributed by atoms with E-state index >= 15 is 0 Å². The lowest BCUT2D eigenvalue weighted by atomic mass is 10.1. The van der Waals surface area contributed by atoms with Crippen molar-refractivity contribution in [2.75, 3.05) is 25.0 Å². The van der Waals surface area contributed by atoms with E-state index in [0.717, 1.165) is 11.3 Å². The normalized spacial score (nSPS) is 11.1. The molecule has 0 aliphatic heterocycles. The fourth-order valence-corrected chi connectivity index (χ4v) is 2.71. The fourth-order valence-electron chi connectivity index (χ4n) is 2.58. The molecule has 2 N–H and O–H groups in total. The number of rotatable bonds is 8. The largest absolute Gasteiger partial charge is 0.353 e. The summed E-state index contributed by atoms with van der Waals surface area (Å²) in [5.41, 5.74) is 1.66. The summed E-state index contributed by atoms with van der Waals surface area (Å²) in [5.74, 6) is 0.303. The first kappa shape index (κ1) is 20.9. The van der Waals surface area contributed by atoms with E-state index in [0.29, 0.717) is 17.4 Å². The van der Waals surface area contributed by atoms with Gasteiger partial charge in [-0.3, -0.25) is 19.2 Å². The minimum Gasteiger partial charge on any atom is -0.353 e. The van der Waals surface area contributed by atoms with Gasteiger partial charge >= 0.3 is 0 Å². The van der Waals surface area contributed by atoms with Crippen molar-refractivity contribution in [1.82, 2.24) is 20.0 Å². The van der Waals surface area contributed by atoms with Crippen LogP contribution in [0.4, 0.5) is 5.82 Å². The zero-order chi connectivity index (χ0) is 20.0. The SMILES string of the molecule is CCN(CC(=O)Nc1cc(-c2ccc(Cl)cc2)nn1C)CC(=O)NC(C)C. The summed E-state index contributed by atoms with van der Waals surface area (Å²) in [5, 5.41) is 10.8. The molecule has 0 bridgehead atoms. The highest BCUT2D eigenvalue weighted by Crippen LogP contribution is 2.23. The van der Waals surface area contributed by atoms with Crippen molar-refractivity contribution in [3.8, 4) is 11.3 Å². The van der Waals surface area contributed by atoms with Gasteiger partial charge in [0.25, 0.3) is 0 Å². The van der Waals surface area contributed by atoms with Crippen LogP contribution in [0.2, 0.25) is 5.02 Å². The Bertz CT molecular complexity index is 786. The molecule has 0 spiro atoms. The molecule has 2 rings (SSSR count). The quantitative estimate of drug-likeness (QED) is 0.724. The van der Waals surface area contributed by atoms with Crippen molar-refractivity contribution in [2.24, 2.45) is 7.05 Å². The van der Waals surface area contributed by atoms with Gasteiger partial charge in [-0.25, -0.2) is 0 Å². The van der Waals surface area contributed by atoms with Crippen molar-refractivity contribution >= 4 is 29.2 Å². The topological polar surface area (TPSA) is 79.3 Å². The van der Waals surface area contributed by atoms with Gasteiger partial charge in [-0.15, -0.1) is 0 Å². The molecule has 0 atom stereocenters. The number of halogens is 1. The van der Waals surface area contributed by atoms with Gasteiger partial charge in [-0.1, -0.05) is 30.7 Å². The van der Waals surface area contributed by atoms with Crippen molar-refractivity contribution in [3.05, 3.63) is 35.4 Å². The predicted molar refractivity (Wildman–Crippen MR) is 108 cm³/mol. The van der Waals surface area contributed by atoms with Gasteiger partial charge in [0.2, 0.25) is 11.8 Å². The smallest absolute Gasteiger partial charge is 0.239 e. The highest BCUT2D eigenvalue weighted by Gasteiger charge is 2.15. The maximum absolute atomic E-state index is 12.4. The molecule has 1 aromatic carbocycles. The number of aryl methyl sites for hydroxylation is 1. The highest BCUT2D eigenvalue weighted by molar-refractivity contribution is 6.30. The predicted octanol–water partition coefficient (Wildman–Crippen LogP) is 2.53. The van der Waals surface area contributed by atoms with Crippen LogP contribution in [0, 0.1) is 0 Å². The molecule has 0 saturated heterocycles. The zero-order valence-electron chi connectivity index (χ0n) is 16.1. The zero-order valence-corrected chi connectivity index (χ0v) is 16.9. The van der Waals surface area contributed by atoms with Gasteiger partial charge in [-0.2, -0.15) is 5.10 Å². The van der Waals surface area contributed by atoms with Crippen LogP contribution in [0.3, 0.4) is 0 Å². The van der Waals surface area contributed by atoms with E-state index in [1.165, 1.54) is 0 Å². The molecular formula is C19H26ClN5O2. The van der Waals surface area contributed by atoms with Gasteiger partial charge in [-0.05, 0) is 32.5 Å². The number of anilines is 1. The third-order valence-electron chi connectivity index (χ3n) is 3.92. The summed E-state index contributed by atoms with van der Waals surface area (Å²) in [6, 6.07) is 9.23. The Balaban J connectivity index is 1.98. The van der Waals surface area contributed by atoms with E-state index in [4.69, 9.17) is 11.6 Å². The third-order valence-corrected chi connectivity index (χ3v) is 4.17. The number of benzene rings is 1. The molecule has 2 amide bonds. The lowest BCUT2D eigenvalue weighted by molar-refractivity contribution is -0.123. The number of nitrogens with one attached hydrogen (secondary N) is 2. The number of hydrogen-bond acceptors (Lipinski definition) is 4. The Hall–Kier alpha value is -2.38. The molecule has 7 nitrogen and oxygen atoms in total. The Labute approximate surface area is 164 Å². The molecule has 0 fully saturated rings. The second-order valence-electron chi connectivity index (χ2n) is 6.62. The second-order valence-corrected chi connectivity index (χ2v) is 7.06. The van der Waals surface area contributed by atoms with E-state index in [1.54, 1.807) is 28.8 Å². The highest BCUT2D eigenvalue weighted by atomic mass is 35.5. The van der Waals surface area contributed by atoms with Gasteiger partial charge in [0.05, 0.1) is 18.8 Å². The summed E-state index contributed by atoms with van der Waals surface area (Å²) in [6.07, 6.45) is 0. The Morgan fingerprint density at radius 1 is 1.19 bits per heavy atom. The van der Waals surface area contributed by atoms with E-state index in [9.17, 15) is 9.59 Å². The summed E-state index contributed by atoms with van der Waals surface area (Å²) in [4.78, 5) is 26.1. The van der Waals surface area contributed by atoms with Crippen molar-refractivity contribution in [2.45, 2.75) is 26.8 Å². The maximum Gasteiger partial charge on any atom is 0.239 e. The van der Waals surface area contributed by atoms with Gasteiger partial charge < -0.3 is 10.6 Å². The van der Waals surface area contributed by atoms with Crippen LogP contribution in [0.25, 0.3) is 11.3 Å². The van der Waals surface area contributed by atoms with Crippen LogP contribution in [0.5, 0.6) is 0 Å². The summed E-state index contributed by atoms with van der Waals surface area (Å²) < 4.78 is 1.61. The Morgan fingerprint density at radius 3 is 2.41 bits per heavy atom. The van der Waals surface area contributed by atoms with Crippen LogP contribution in [0.15, 0.2) is 30.3 Å². The molecule has 2 aromatic rings. The Morgan fingerprint density at radius 2 is 1.81 bits per heavy atom. The minimum atomic E-state index is -0.195. The van der Waals surface area contributed by atoms with Crippen LogP contribution in [-0.4, -0.2) is 52.2 Å². The van der Waals surface area contributed by atoms with Gasteiger partial charge in [0, 0.05) is 29.7 Å². The lowest BCUT2D eigenvalue weighted by Crippen LogP contribution is -2.42. The number of carbonyl (C=O) groups is 2. The number of amides is 2. The first-order valence-corrected chi connectivity index (χ1v) is 9.27. The van der Waals surface area contributed by atoms with Crippen LogP contribution in [-0.2, 0) is 16.6 Å². The number of aromatic nitrogens is 2. The molecule has 1 aromatic heterocycles. The van der Waals surface area contributed by atoms with Gasteiger partial charge in [0.1, 0.15) is 5.82 Å². The van der Waals surface area contributed by atoms with Crippen molar-refractivity contribution < 1.29 is 9.59 Å². The summed E-state index contributed by atoms with van der Waals surface area (Å²) in [7, 11) is 1.77. The Kier molecular flexibility index (Phi) is 7.38. The fraction of sp³-hybridized carbons (Fsp3) is 0.421. The molecule has 27 heavy (non-hydrogen) atoms. The monoisotopic (exact) mass is 391 g/mol. The molecule has 1 heterocycles. The van der Waals surface area contributed by atoms with Crippen LogP contribution in [0.1, 0.15) is 20.8 Å². The van der Waals surface area contributed by atoms with E-state index in [-0.39, 0.29) is 30.9 Å². The first-order chi connectivity index (χ1) is 12.8. The number of likely N-dealkylation sites (N-methyl/N-ethyl adjacent to an activating group) is 1. The second kappa shape index (κ2) is 9.53. The van der Waals surface area contributed by atoms with Crippen LogP contribution < -0.4 is 10.6 Å². The number of nitrogens with zero attached hydrogens (tertiary/aromatic N) is 3. The summed E-state index contributed by atoms with van der Waals surface area (Å²) in [6.45, 7) is 6.63. The van der Waals surface area contributed by atoms with Crippen molar-refractivity contribution in [1.29, 1.82) is 0 Å². The van der Waals surface area contributed by atoms with Gasteiger partial charge in [0.15, 0.2) is 0 Å². The molecule has 8 heteroatoms. The maximum atomic E-state index is 12.4. The molecule has 146 valence electrons. The number of carbonyl (C=O) groups excluding carboxylic acids is 2. The molecule has 0 saturated carbocycles. The lowest BCUT2D eigenvalue weighted by Gasteiger charge is -2.20. The molecule has 0 radical (unpaired) electrons. The first-order valence-electron chi connectivity index (χ1n) is 8.90. The van der Waals surface area contributed by atoms with Crippen molar-refractivity contribution in [3.63, 3.8) is 0 Å². The molecule has 0 aliphatic rings.